The summed E-state index contributed by atoms with van der Waals surface area (Å²) < 4.78 is 4.71. The van der Waals surface area contributed by atoms with E-state index in [-0.39, 0.29) is 5.92 Å². The molecule has 1 aliphatic rings. The summed E-state index contributed by atoms with van der Waals surface area (Å²) in [5, 5.41) is 21.6. The molecule has 0 saturated heterocycles. The number of hydrogen-bond acceptors (Lipinski definition) is 6. The zero-order chi connectivity index (χ0) is 21.6. The van der Waals surface area contributed by atoms with E-state index in [9.17, 15) is 19.8 Å². The lowest BCUT2D eigenvalue weighted by molar-refractivity contribution is -0.144. The minimum Gasteiger partial charge on any atom is -0.467 e. The number of nitrogens with one attached hydrogen (secondary N) is 1. The van der Waals surface area contributed by atoms with Crippen LogP contribution in [-0.4, -0.2) is 53.0 Å². The monoisotopic (exact) mass is 398 g/mol. The third-order valence-corrected chi connectivity index (χ3v) is 4.65. The SMILES string of the molecule is COC(=O)[C@@H](NC(=O)c1ccc(C#CC#C[C@@H]2C[C@@H](O)[C@@H](O)C2)cc1)C(C)(C)N. The van der Waals surface area contributed by atoms with Crippen LogP contribution in [0.3, 0.4) is 0 Å². The van der Waals surface area contributed by atoms with E-state index in [1.165, 1.54) is 7.11 Å². The first-order valence-corrected chi connectivity index (χ1v) is 9.27. The molecule has 1 aromatic rings. The van der Waals surface area contributed by atoms with Gasteiger partial charge in [-0.15, -0.1) is 0 Å². The molecule has 0 aromatic heterocycles. The van der Waals surface area contributed by atoms with E-state index in [1.807, 2.05) is 0 Å². The highest BCUT2D eigenvalue weighted by atomic mass is 16.5. The van der Waals surface area contributed by atoms with Gasteiger partial charge >= 0.3 is 5.97 Å². The van der Waals surface area contributed by atoms with Crippen molar-refractivity contribution in [3.05, 3.63) is 35.4 Å². The molecule has 0 heterocycles. The predicted octanol–water partition coefficient (Wildman–Crippen LogP) is 0.182. The highest BCUT2D eigenvalue weighted by molar-refractivity contribution is 5.97. The summed E-state index contributed by atoms with van der Waals surface area (Å²) in [6.45, 7) is 3.25. The highest BCUT2D eigenvalue weighted by Crippen LogP contribution is 2.25. The summed E-state index contributed by atoms with van der Waals surface area (Å²) in [4.78, 5) is 24.3. The molecule has 1 aliphatic carbocycles. The molecule has 29 heavy (non-hydrogen) atoms. The van der Waals surface area contributed by atoms with Gasteiger partial charge < -0.3 is 26.0 Å². The van der Waals surface area contributed by atoms with Crippen molar-refractivity contribution in [3.63, 3.8) is 0 Å². The Morgan fingerprint density at radius 3 is 2.28 bits per heavy atom. The van der Waals surface area contributed by atoms with Crippen molar-refractivity contribution in [1.29, 1.82) is 0 Å². The fourth-order valence-electron chi connectivity index (χ4n) is 2.94. The summed E-state index contributed by atoms with van der Waals surface area (Å²) >= 11 is 0. The average Bonchev–Trinajstić information content (AvgIpc) is 2.99. The number of hydrogen-bond donors (Lipinski definition) is 4. The molecule has 5 N–H and O–H groups in total. The Bertz CT molecular complexity index is 855. The maximum atomic E-state index is 12.4. The van der Waals surface area contributed by atoms with Crippen LogP contribution in [0.4, 0.5) is 0 Å². The Labute approximate surface area is 170 Å². The summed E-state index contributed by atoms with van der Waals surface area (Å²) in [5.41, 5.74) is 6.00. The minimum absolute atomic E-state index is 0.0603. The Hall–Kier alpha value is -2.84. The highest BCUT2D eigenvalue weighted by Gasteiger charge is 2.34. The Morgan fingerprint density at radius 1 is 1.17 bits per heavy atom. The van der Waals surface area contributed by atoms with Crippen LogP contribution in [-0.2, 0) is 9.53 Å². The number of aliphatic hydroxyl groups excluding tert-OH is 2. The fraction of sp³-hybridized carbons (Fsp3) is 0.455. The van der Waals surface area contributed by atoms with Crippen LogP contribution >= 0.6 is 0 Å². The van der Waals surface area contributed by atoms with Gasteiger partial charge in [-0.05, 0) is 62.8 Å². The second-order valence-corrected chi connectivity index (χ2v) is 7.65. The minimum atomic E-state index is -0.988. The molecule has 1 fully saturated rings. The molecule has 0 radical (unpaired) electrons. The zero-order valence-corrected chi connectivity index (χ0v) is 16.7. The number of ether oxygens (including phenoxy) is 1. The largest absolute Gasteiger partial charge is 0.467 e. The van der Waals surface area contributed by atoms with Crippen molar-refractivity contribution >= 4 is 11.9 Å². The van der Waals surface area contributed by atoms with Gasteiger partial charge in [0, 0.05) is 22.6 Å². The Balaban J connectivity index is 2.00. The lowest BCUT2D eigenvalue weighted by Gasteiger charge is -2.28. The van der Waals surface area contributed by atoms with Gasteiger partial charge in [0.1, 0.15) is 6.04 Å². The summed E-state index contributed by atoms with van der Waals surface area (Å²) in [6.07, 6.45) is -0.536. The molecular weight excluding hydrogens is 372 g/mol. The first-order valence-electron chi connectivity index (χ1n) is 9.27. The number of benzene rings is 1. The molecule has 7 nitrogen and oxygen atoms in total. The molecule has 7 heteroatoms. The number of methoxy groups -OCH3 is 1. The van der Waals surface area contributed by atoms with E-state index < -0.39 is 35.7 Å². The van der Waals surface area contributed by atoms with Gasteiger partial charge in [0.2, 0.25) is 0 Å². The van der Waals surface area contributed by atoms with Crippen LogP contribution in [0.5, 0.6) is 0 Å². The first kappa shape index (κ1) is 22.4. The second kappa shape index (κ2) is 9.58. The molecule has 2 rings (SSSR count). The van der Waals surface area contributed by atoms with Crippen molar-refractivity contribution in [2.45, 2.75) is 50.5 Å². The number of carbonyl (C=O) groups excluding carboxylic acids is 2. The van der Waals surface area contributed by atoms with E-state index in [4.69, 9.17) is 10.5 Å². The van der Waals surface area contributed by atoms with Crippen molar-refractivity contribution in [2.24, 2.45) is 11.7 Å². The molecule has 4 atom stereocenters. The van der Waals surface area contributed by atoms with Crippen molar-refractivity contribution in [1.82, 2.24) is 5.32 Å². The third kappa shape index (κ3) is 6.33. The van der Waals surface area contributed by atoms with Crippen molar-refractivity contribution in [3.8, 4) is 23.7 Å². The standard InChI is InChI=1S/C22H26N2O5/c1-22(2,23)19(21(28)29-3)24-20(27)16-10-8-14(9-11-16)6-4-5-7-15-12-17(25)18(26)13-15/h8-11,15,17-19,25-26H,12-13,23H2,1-3H3,(H,24,27)/t15-,17-,18+,19-/m1/s1. The number of rotatable bonds is 4. The molecule has 0 unspecified atom stereocenters. The lowest BCUT2D eigenvalue weighted by Crippen LogP contribution is -2.59. The lowest BCUT2D eigenvalue weighted by atomic mass is 9.95. The van der Waals surface area contributed by atoms with E-state index in [0.717, 1.165) is 0 Å². The van der Waals surface area contributed by atoms with Crippen molar-refractivity contribution < 1.29 is 24.5 Å². The number of esters is 1. The molecule has 1 saturated carbocycles. The van der Waals surface area contributed by atoms with E-state index in [0.29, 0.717) is 24.0 Å². The summed E-state index contributed by atoms with van der Waals surface area (Å²) in [6, 6.07) is 5.55. The van der Waals surface area contributed by atoms with Crippen molar-refractivity contribution in [2.75, 3.05) is 7.11 Å². The molecule has 1 amide bonds. The molecular formula is C22H26N2O5. The first-order chi connectivity index (χ1) is 13.6. The van der Waals surface area contributed by atoms with Crippen LogP contribution in [0.1, 0.15) is 42.6 Å². The van der Waals surface area contributed by atoms with Crippen LogP contribution in [0.2, 0.25) is 0 Å². The third-order valence-electron chi connectivity index (χ3n) is 4.65. The Morgan fingerprint density at radius 2 is 1.76 bits per heavy atom. The fourth-order valence-corrected chi connectivity index (χ4v) is 2.94. The Kier molecular flexibility index (Phi) is 7.41. The average molecular weight is 398 g/mol. The van der Waals surface area contributed by atoms with E-state index in [1.54, 1.807) is 38.1 Å². The van der Waals surface area contributed by atoms with Gasteiger partial charge in [-0.25, -0.2) is 4.79 Å². The van der Waals surface area contributed by atoms with Crippen LogP contribution in [0.25, 0.3) is 0 Å². The maximum absolute atomic E-state index is 12.4. The van der Waals surface area contributed by atoms with E-state index >= 15 is 0 Å². The molecule has 0 aliphatic heterocycles. The van der Waals surface area contributed by atoms with Gasteiger partial charge in [0.05, 0.1) is 19.3 Å². The van der Waals surface area contributed by atoms with Gasteiger partial charge in [-0.2, -0.15) is 0 Å². The van der Waals surface area contributed by atoms with Crippen LogP contribution in [0, 0.1) is 29.6 Å². The molecule has 0 spiro atoms. The van der Waals surface area contributed by atoms with E-state index in [2.05, 4.69) is 29.0 Å². The smallest absolute Gasteiger partial charge is 0.330 e. The number of amides is 1. The van der Waals surface area contributed by atoms with Crippen LogP contribution in [0.15, 0.2) is 24.3 Å². The number of aliphatic hydroxyl groups is 2. The number of carbonyl (C=O) groups is 2. The molecule has 154 valence electrons. The maximum Gasteiger partial charge on any atom is 0.330 e. The normalized spacial score (nSPS) is 21.8. The van der Waals surface area contributed by atoms with Crippen LogP contribution < -0.4 is 11.1 Å². The van der Waals surface area contributed by atoms with Gasteiger partial charge in [-0.1, -0.05) is 11.8 Å². The molecule has 0 bridgehead atoms. The van der Waals surface area contributed by atoms with Gasteiger partial charge in [0.25, 0.3) is 5.91 Å². The zero-order valence-electron chi connectivity index (χ0n) is 16.7. The predicted molar refractivity (Wildman–Crippen MR) is 107 cm³/mol. The second-order valence-electron chi connectivity index (χ2n) is 7.65. The van der Waals surface area contributed by atoms with Gasteiger partial charge in [0.15, 0.2) is 0 Å². The topological polar surface area (TPSA) is 122 Å². The quantitative estimate of drug-likeness (QED) is 0.424. The summed E-state index contributed by atoms with van der Waals surface area (Å²) in [5.74, 6) is 10.1. The van der Waals surface area contributed by atoms with Gasteiger partial charge in [-0.3, -0.25) is 4.79 Å². The number of nitrogens with two attached hydrogens (primary N) is 1. The molecule has 1 aromatic carbocycles. The summed E-state index contributed by atoms with van der Waals surface area (Å²) in [7, 11) is 1.24.